The van der Waals surface area contributed by atoms with E-state index < -0.39 is 0 Å². The predicted molar refractivity (Wildman–Crippen MR) is 68.8 cm³/mol. The van der Waals surface area contributed by atoms with Gasteiger partial charge in [-0.3, -0.25) is 0 Å². The first kappa shape index (κ1) is 9.73. The number of hydrogen-bond donors (Lipinski definition) is 1. The van der Waals surface area contributed by atoms with Gasteiger partial charge in [0.05, 0.1) is 3.57 Å². The molecule has 0 bridgehead atoms. The van der Waals surface area contributed by atoms with E-state index in [9.17, 15) is 5.11 Å². The minimum Gasteiger partial charge on any atom is -0.506 e. The molecule has 0 atom stereocenters. The molecule has 0 aliphatic heterocycles. The molecular weight excluding hydrogens is 363 g/mol. The molecule has 0 aliphatic rings. The number of benzene rings is 1. The van der Waals surface area contributed by atoms with Crippen molar-refractivity contribution in [3.8, 4) is 5.75 Å². The monoisotopic (exact) mass is 368 g/mol. The largest absolute Gasteiger partial charge is 0.506 e. The molecule has 2 aromatic rings. The molecular formula is C9H6BrIOS. The lowest BCUT2D eigenvalue weighted by molar-refractivity contribution is 0.478. The summed E-state index contributed by atoms with van der Waals surface area (Å²) in [6.45, 7) is 0. The first-order valence-electron chi connectivity index (χ1n) is 3.67. The minimum absolute atomic E-state index is 0.404. The Kier molecular flexibility index (Phi) is 2.80. The summed E-state index contributed by atoms with van der Waals surface area (Å²) in [5, 5.41) is 13.6. The average Bonchev–Trinajstić information content (AvgIpc) is 2.60. The van der Waals surface area contributed by atoms with E-state index in [2.05, 4.69) is 38.5 Å². The van der Waals surface area contributed by atoms with Gasteiger partial charge in [-0.1, -0.05) is 15.9 Å². The van der Waals surface area contributed by atoms with E-state index in [-0.39, 0.29) is 0 Å². The van der Waals surface area contributed by atoms with Crippen LogP contribution in [0.5, 0.6) is 5.75 Å². The van der Waals surface area contributed by atoms with Crippen LogP contribution in [0.1, 0.15) is 5.56 Å². The number of hydrogen-bond acceptors (Lipinski definition) is 2. The van der Waals surface area contributed by atoms with Crippen molar-refractivity contribution in [3.63, 3.8) is 0 Å². The number of halogens is 2. The number of thiophene rings is 1. The molecule has 1 heterocycles. The van der Waals surface area contributed by atoms with Crippen LogP contribution in [0.25, 0.3) is 10.1 Å². The molecule has 1 nitrogen and oxygen atoms in total. The average molecular weight is 369 g/mol. The Morgan fingerprint density at radius 1 is 1.54 bits per heavy atom. The summed E-state index contributed by atoms with van der Waals surface area (Å²) in [6, 6.07) is 3.98. The molecule has 0 unspecified atom stereocenters. The Labute approximate surface area is 102 Å². The molecule has 2 rings (SSSR count). The maximum absolute atomic E-state index is 9.75. The lowest BCUT2D eigenvalue weighted by Gasteiger charge is -2.03. The summed E-state index contributed by atoms with van der Waals surface area (Å²) in [7, 11) is 0. The molecule has 1 aromatic heterocycles. The zero-order valence-corrected chi connectivity index (χ0v) is 11.1. The molecule has 0 spiro atoms. The SMILES string of the molecule is Oc1c(I)cc(CBr)c2sccc12. The molecule has 4 heteroatoms. The summed E-state index contributed by atoms with van der Waals surface area (Å²) in [4.78, 5) is 0. The van der Waals surface area contributed by atoms with Gasteiger partial charge in [-0.15, -0.1) is 11.3 Å². The molecule has 0 radical (unpaired) electrons. The maximum atomic E-state index is 9.75. The minimum atomic E-state index is 0.404. The van der Waals surface area contributed by atoms with Gasteiger partial charge < -0.3 is 5.11 Å². The van der Waals surface area contributed by atoms with Crippen molar-refractivity contribution in [3.05, 3.63) is 26.6 Å². The number of alkyl halides is 1. The summed E-state index contributed by atoms with van der Waals surface area (Å²) in [5.74, 6) is 0.404. The van der Waals surface area contributed by atoms with Crippen molar-refractivity contribution >= 4 is 59.9 Å². The quantitative estimate of drug-likeness (QED) is 0.593. The lowest BCUT2D eigenvalue weighted by Crippen LogP contribution is -1.81. The molecule has 1 aromatic carbocycles. The fourth-order valence-electron chi connectivity index (χ4n) is 1.26. The van der Waals surface area contributed by atoms with Crippen LogP contribution >= 0.6 is 49.9 Å². The normalized spacial score (nSPS) is 10.9. The molecule has 0 fully saturated rings. The Hall–Kier alpha value is 0.190. The van der Waals surface area contributed by atoms with Gasteiger partial charge in [-0.05, 0) is 45.7 Å². The summed E-state index contributed by atoms with van der Waals surface area (Å²) in [6.07, 6.45) is 0. The standard InChI is InChI=1S/C9H6BrIOS/c10-4-5-3-7(11)8(12)6-1-2-13-9(5)6/h1-3,12H,4H2. The predicted octanol–water partition coefficient (Wildman–Crippen LogP) is 4.11. The number of rotatable bonds is 1. The van der Waals surface area contributed by atoms with E-state index in [4.69, 9.17) is 0 Å². The zero-order valence-electron chi connectivity index (χ0n) is 6.55. The van der Waals surface area contributed by atoms with Crippen LogP contribution in [0.3, 0.4) is 0 Å². The van der Waals surface area contributed by atoms with Crippen molar-refractivity contribution in [2.24, 2.45) is 0 Å². The molecule has 0 saturated carbocycles. The Balaban J connectivity index is 2.87. The lowest BCUT2D eigenvalue weighted by atomic mass is 10.2. The van der Waals surface area contributed by atoms with E-state index in [1.165, 1.54) is 10.3 Å². The Morgan fingerprint density at radius 3 is 3.00 bits per heavy atom. The van der Waals surface area contributed by atoms with Crippen LogP contribution in [0.2, 0.25) is 0 Å². The van der Waals surface area contributed by atoms with Crippen LogP contribution in [0.4, 0.5) is 0 Å². The third-order valence-corrected chi connectivity index (χ3v) is 4.30. The van der Waals surface area contributed by atoms with E-state index >= 15 is 0 Å². The van der Waals surface area contributed by atoms with Gasteiger partial charge in [0, 0.05) is 15.4 Å². The fourth-order valence-corrected chi connectivity index (χ4v) is 3.47. The molecule has 0 amide bonds. The van der Waals surface area contributed by atoms with Crippen molar-refractivity contribution < 1.29 is 5.11 Å². The first-order valence-corrected chi connectivity index (χ1v) is 6.75. The highest BCUT2D eigenvalue weighted by Crippen LogP contribution is 2.36. The van der Waals surface area contributed by atoms with Gasteiger partial charge >= 0.3 is 0 Å². The van der Waals surface area contributed by atoms with Gasteiger partial charge in [0.1, 0.15) is 5.75 Å². The molecule has 1 N–H and O–H groups in total. The topological polar surface area (TPSA) is 20.2 Å². The molecule has 0 saturated heterocycles. The van der Waals surface area contributed by atoms with Gasteiger partial charge in [-0.25, -0.2) is 0 Å². The number of phenols is 1. The van der Waals surface area contributed by atoms with Gasteiger partial charge in [0.2, 0.25) is 0 Å². The molecule has 0 aliphatic carbocycles. The third kappa shape index (κ3) is 1.59. The zero-order chi connectivity index (χ0) is 9.42. The Bertz CT molecular complexity index is 452. The van der Waals surface area contributed by atoms with Crippen LogP contribution in [0, 0.1) is 3.57 Å². The second-order valence-corrected chi connectivity index (χ2v) is 5.30. The van der Waals surface area contributed by atoms with Crippen LogP contribution in [-0.2, 0) is 5.33 Å². The van der Waals surface area contributed by atoms with Crippen LogP contribution < -0.4 is 0 Å². The maximum Gasteiger partial charge on any atom is 0.137 e. The summed E-state index contributed by atoms with van der Waals surface area (Å²) >= 11 is 7.26. The van der Waals surface area contributed by atoms with Gasteiger partial charge in [0.25, 0.3) is 0 Å². The van der Waals surface area contributed by atoms with E-state index in [1.54, 1.807) is 11.3 Å². The van der Waals surface area contributed by atoms with Crippen molar-refractivity contribution in [1.29, 1.82) is 0 Å². The fraction of sp³-hybridized carbons (Fsp3) is 0.111. The number of aromatic hydroxyl groups is 1. The third-order valence-electron chi connectivity index (χ3n) is 1.88. The number of phenolic OH excluding ortho intramolecular Hbond substituents is 1. The number of fused-ring (bicyclic) bond motifs is 1. The van der Waals surface area contributed by atoms with E-state index in [1.807, 2.05) is 17.5 Å². The second kappa shape index (κ2) is 3.74. The van der Waals surface area contributed by atoms with Crippen molar-refractivity contribution in [1.82, 2.24) is 0 Å². The smallest absolute Gasteiger partial charge is 0.137 e. The van der Waals surface area contributed by atoms with E-state index in [0.717, 1.165) is 14.3 Å². The van der Waals surface area contributed by atoms with Crippen LogP contribution in [0.15, 0.2) is 17.5 Å². The van der Waals surface area contributed by atoms with Crippen molar-refractivity contribution in [2.45, 2.75) is 5.33 Å². The second-order valence-electron chi connectivity index (χ2n) is 2.66. The van der Waals surface area contributed by atoms with E-state index in [0.29, 0.717) is 5.75 Å². The highest BCUT2D eigenvalue weighted by Gasteiger charge is 2.09. The highest BCUT2D eigenvalue weighted by atomic mass is 127. The molecule has 13 heavy (non-hydrogen) atoms. The molecule has 68 valence electrons. The summed E-state index contributed by atoms with van der Waals surface area (Å²) in [5.41, 5.74) is 1.24. The van der Waals surface area contributed by atoms with Gasteiger partial charge in [0.15, 0.2) is 0 Å². The van der Waals surface area contributed by atoms with Crippen molar-refractivity contribution in [2.75, 3.05) is 0 Å². The van der Waals surface area contributed by atoms with Crippen LogP contribution in [-0.4, -0.2) is 5.11 Å². The summed E-state index contributed by atoms with van der Waals surface area (Å²) < 4.78 is 2.09. The van der Waals surface area contributed by atoms with Gasteiger partial charge in [-0.2, -0.15) is 0 Å². The first-order chi connectivity index (χ1) is 6.24. The Morgan fingerprint density at radius 2 is 2.31 bits per heavy atom. The highest BCUT2D eigenvalue weighted by molar-refractivity contribution is 14.1.